The van der Waals surface area contributed by atoms with Crippen LogP contribution in [-0.2, 0) is 4.79 Å². The van der Waals surface area contributed by atoms with E-state index in [4.69, 9.17) is 9.52 Å². The fourth-order valence-corrected chi connectivity index (χ4v) is 2.03. The molecule has 2 rings (SSSR count). The van der Waals surface area contributed by atoms with Gasteiger partial charge in [-0.3, -0.25) is 9.59 Å². The molecule has 1 aromatic carbocycles. The minimum Gasteiger partial charge on any atom is -0.481 e. The van der Waals surface area contributed by atoms with Crippen molar-refractivity contribution in [1.29, 1.82) is 0 Å². The standard InChI is InChI=1S/C14H12BrNO4/c15-12-7-6-11(20-12)14(19)16(9-8-13(17)18)10-4-2-1-3-5-10/h1-7H,8-9H2,(H,17,18). The zero-order valence-electron chi connectivity index (χ0n) is 10.5. The topological polar surface area (TPSA) is 70.8 Å². The van der Waals surface area contributed by atoms with Gasteiger partial charge in [-0.05, 0) is 40.2 Å². The number of carbonyl (C=O) groups is 2. The third-order valence-corrected chi connectivity index (χ3v) is 3.07. The van der Waals surface area contributed by atoms with E-state index in [0.717, 1.165) is 0 Å². The van der Waals surface area contributed by atoms with E-state index in [9.17, 15) is 9.59 Å². The smallest absolute Gasteiger partial charge is 0.305 e. The van der Waals surface area contributed by atoms with Gasteiger partial charge in [0.25, 0.3) is 5.91 Å². The normalized spacial score (nSPS) is 10.2. The van der Waals surface area contributed by atoms with Crippen LogP contribution < -0.4 is 4.90 Å². The number of rotatable bonds is 5. The molecule has 5 nitrogen and oxygen atoms in total. The molecule has 0 saturated carbocycles. The summed E-state index contributed by atoms with van der Waals surface area (Å²) in [6, 6.07) is 12.1. The Hall–Kier alpha value is -2.08. The maximum absolute atomic E-state index is 12.4. The minimum atomic E-state index is -0.959. The average Bonchev–Trinajstić information content (AvgIpc) is 2.86. The summed E-state index contributed by atoms with van der Waals surface area (Å²) < 4.78 is 5.68. The molecule has 0 bridgehead atoms. The summed E-state index contributed by atoms with van der Waals surface area (Å²) in [4.78, 5) is 24.5. The molecule has 0 saturated heterocycles. The van der Waals surface area contributed by atoms with Crippen molar-refractivity contribution in [2.75, 3.05) is 11.4 Å². The molecule has 0 fully saturated rings. The zero-order valence-corrected chi connectivity index (χ0v) is 12.0. The average molecular weight is 338 g/mol. The van der Waals surface area contributed by atoms with Gasteiger partial charge in [-0.1, -0.05) is 18.2 Å². The van der Waals surface area contributed by atoms with E-state index in [2.05, 4.69) is 15.9 Å². The van der Waals surface area contributed by atoms with Crippen molar-refractivity contribution in [3.8, 4) is 0 Å². The highest BCUT2D eigenvalue weighted by Gasteiger charge is 2.21. The first-order valence-electron chi connectivity index (χ1n) is 5.92. The number of hydrogen-bond donors (Lipinski definition) is 1. The van der Waals surface area contributed by atoms with Crippen LogP contribution in [0.3, 0.4) is 0 Å². The van der Waals surface area contributed by atoms with Crippen molar-refractivity contribution >= 4 is 33.5 Å². The zero-order chi connectivity index (χ0) is 14.5. The fraction of sp³-hybridized carbons (Fsp3) is 0.143. The molecule has 20 heavy (non-hydrogen) atoms. The summed E-state index contributed by atoms with van der Waals surface area (Å²) in [5.74, 6) is -1.17. The van der Waals surface area contributed by atoms with Crippen molar-refractivity contribution in [3.63, 3.8) is 0 Å². The quantitative estimate of drug-likeness (QED) is 0.909. The predicted molar refractivity (Wildman–Crippen MR) is 76.8 cm³/mol. The van der Waals surface area contributed by atoms with E-state index < -0.39 is 5.97 Å². The minimum absolute atomic E-state index is 0.0799. The van der Waals surface area contributed by atoms with E-state index in [-0.39, 0.29) is 24.6 Å². The molecule has 1 amide bonds. The first-order valence-corrected chi connectivity index (χ1v) is 6.71. The number of nitrogens with zero attached hydrogens (tertiary/aromatic N) is 1. The second-order valence-electron chi connectivity index (χ2n) is 4.04. The van der Waals surface area contributed by atoms with E-state index in [1.165, 1.54) is 4.90 Å². The predicted octanol–water partition coefficient (Wildman–Crippen LogP) is 3.16. The number of furan rings is 1. The summed E-state index contributed by atoms with van der Waals surface area (Å²) in [5, 5.41) is 8.80. The highest BCUT2D eigenvalue weighted by atomic mass is 79.9. The monoisotopic (exact) mass is 337 g/mol. The highest BCUT2D eigenvalue weighted by molar-refractivity contribution is 9.10. The Morgan fingerprint density at radius 3 is 2.40 bits per heavy atom. The van der Waals surface area contributed by atoms with Crippen LogP contribution in [0.1, 0.15) is 17.0 Å². The van der Waals surface area contributed by atoms with Gasteiger partial charge >= 0.3 is 5.97 Å². The van der Waals surface area contributed by atoms with Crippen LogP contribution in [0.4, 0.5) is 5.69 Å². The summed E-state index contributed by atoms with van der Waals surface area (Å²) >= 11 is 3.14. The number of carboxylic acids is 1. The van der Waals surface area contributed by atoms with Gasteiger partial charge in [-0.15, -0.1) is 0 Å². The molecule has 2 aromatic rings. The Balaban J connectivity index is 2.26. The summed E-state index contributed by atoms with van der Waals surface area (Å²) in [6.45, 7) is 0.0799. The van der Waals surface area contributed by atoms with Gasteiger partial charge in [0.05, 0.1) is 6.42 Å². The summed E-state index contributed by atoms with van der Waals surface area (Å²) in [7, 11) is 0. The molecular formula is C14H12BrNO4. The lowest BCUT2D eigenvalue weighted by Crippen LogP contribution is -2.32. The Kier molecular flexibility index (Phi) is 4.57. The molecule has 6 heteroatoms. The summed E-state index contributed by atoms with van der Waals surface area (Å²) in [5.41, 5.74) is 0.631. The molecule has 0 aliphatic heterocycles. The third kappa shape index (κ3) is 3.48. The molecule has 0 radical (unpaired) electrons. The Labute approximate surface area is 123 Å². The van der Waals surface area contributed by atoms with E-state index in [1.807, 2.05) is 6.07 Å². The molecule has 104 valence electrons. The Morgan fingerprint density at radius 2 is 1.85 bits per heavy atom. The number of para-hydroxylation sites is 1. The maximum Gasteiger partial charge on any atom is 0.305 e. The van der Waals surface area contributed by atoms with E-state index in [1.54, 1.807) is 36.4 Å². The number of anilines is 1. The van der Waals surface area contributed by atoms with Crippen molar-refractivity contribution < 1.29 is 19.1 Å². The molecule has 0 spiro atoms. The van der Waals surface area contributed by atoms with Gasteiger partial charge < -0.3 is 14.4 Å². The largest absolute Gasteiger partial charge is 0.481 e. The van der Waals surface area contributed by atoms with Gasteiger partial charge in [-0.25, -0.2) is 0 Å². The van der Waals surface area contributed by atoms with Crippen LogP contribution in [0.15, 0.2) is 51.6 Å². The van der Waals surface area contributed by atoms with Crippen molar-refractivity contribution in [1.82, 2.24) is 0 Å². The van der Waals surface area contributed by atoms with E-state index >= 15 is 0 Å². The number of halogens is 1. The van der Waals surface area contributed by atoms with Gasteiger partial charge in [0, 0.05) is 12.2 Å². The van der Waals surface area contributed by atoms with Gasteiger partial charge in [0.15, 0.2) is 10.4 Å². The van der Waals surface area contributed by atoms with Crippen LogP contribution in [0.25, 0.3) is 0 Å². The van der Waals surface area contributed by atoms with Crippen molar-refractivity contribution in [3.05, 3.63) is 52.9 Å². The first-order chi connectivity index (χ1) is 9.58. The first kappa shape index (κ1) is 14.3. The molecule has 1 heterocycles. The van der Waals surface area contributed by atoms with Crippen LogP contribution in [0, 0.1) is 0 Å². The number of aliphatic carboxylic acids is 1. The molecule has 0 unspecified atom stereocenters. The van der Waals surface area contributed by atoms with E-state index in [0.29, 0.717) is 10.4 Å². The lowest BCUT2D eigenvalue weighted by atomic mass is 10.2. The lowest BCUT2D eigenvalue weighted by molar-refractivity contribution is -0.136. The SMILES string of the molecule is O=C(O)CCN(C(=O)c1ccc(Br)o1)c1ccccc1. The second kappa shape index (κ2) is 6.38. The van der Waals surface area contributed by atoms with Crippen LogP contribution in [0.2, 0.25) is 0 Å². The number of hydrogen-bond acceptors (Lipinski definition) is 3. The fourth-order valence-electron chi connectivity index (χ4n) is 1.73. The molecule has 1 aromatic heterocycles. The lowest BCUT2D eigenvalue weighted by Gasteiger charge is -2.20. The summed E-state index contributed by atoms with van der Waals surface area (Å²) in [6.07, 6.45) is -0.136. The molecule has 1 N–H and O–H groups in total. The third-order valence-electron chi connectivity index (χ3n) is 2.65. The van der Waals surface area contributed by atoms with Crippen LogP contribution >= 0.6 is 15.9 Å². The Bertz CT molecular complexity index is 609. The van der Waals surface area contributed by atoms with Crippen LogP contribution in [-0.4, -0.2) is 23.5 Å². The number of carboxylic acid groups (broad SMARTS) is 1. The second-order valence-corrected chi connectivity index (χ2v) is 4.82. The molecular weight excluding hydrogens is 326 g/mol. The van der Waals surface area contributed by atoms with Gasteiger partial charge in [0.1, 0.15) is 0 Å². The number of amides is 1. The molecule has 0 atom stereocenters. The number of carbonyl (C=O) groups excluding carboxylic acids is 1. The van der Waals surface area contributed by atoms with Gasteiger partial charge in [0.2, 0.25) is 0 Å². The van der Waals surface area contributed by atoms with Crippen LogP contribution in [0.5, 0.6) is 0 Å². The van der Waals surface area contributed by atoms with Gasteiger partial charge in [-0.2, -0.15) is 0 Å². The number of benzene rings is 1. The molecule has 0 aliphatic carbocycles. The van der Waals surface area contributed by atoms with Crippen molar-refractivity contribution in [2.24, 2.45) is 0 Å². The maximum atomic E-state index is 12.4. The van der Waals surface area contributed by atoms with Crippen molar-refractivity contribution in [2.45, 2.75) is 6.42 Å². The Morgan fingerprint density at radius 1 is 1.15 bits per heavy atom. The highest BCUT2D eigenvalue weighted by Crippen LogP contribution is 2.20. The molecule has 0 aliphatic rings.